The van der Waals surface area contributed by atoms with Crippen LogP contribution in [0.2, 0.25) is 0 Å². The molecule has 0 aliphatic rings. The number of nitrogens with one attached hydrogen (secondary N) is 1. The van der Waals surface area contributed by atoms with Crippen molar-refractivity contribution in [2.45, 2.75) is 6.92 Å². The first-order valence-corrected chi connectivity index (χ1v) is 5.48. The first-order chi connectivity index (χ1) is 6.53. The molecular weight excluding hydrogens is 202 g/mol. The lowest BCUT2D eigenvalue weighted by molar-refractivity contribution is 0.604. The summed E-state index contributed by atoms with van der Waals surface area (Å²) in [6, 6.07) is 3.21. The van der Waals surface area contributed by atoms with Gasteiger partial charge in [0.15, 0.2) is 5.75 Å². The lowest BCUT2D eigenvalue weighted by Crippen LogP contribution is -2.15. The summed E-state index contributed by atoms with van der Waals surface area (Å²) in [5.74, 6) is -0.555. The van der Waals surface area contributed by atoms with Gasteiger partial charge in [-0.15, -0.1) is 0 Å². The molecule has 1 aromatic rings. The number of anilines is 1. The quantitative estimate of drug-likeness (QED) is 0.795. The smallest absolute Gasteiger partial charge is 0.246 e. The number of aromatic nitrogens is 1. The first-order valence-electron chi connectivity index (χ1n) is 3.82. The topological polar surface area (TPSA) is 82.8 Å². The fourth-order valence-corrected chi connectivity index (χ4v) is 1.62. The van der Waals surface area contributed by atoms with Crippen LogP contribution in [0.1, 0.15) is 5.56 Å². The van der Waals surface area contributed by atoms with Gasteiger partial charge in [-0.3, -0.25) is 9.71 Å². The standard InChI is InChI=1S/C8H9N3O2S/c1-7-4-8(6-10-5-7)11-14(12,13)3-2-9/h4-6,11H,3H2,1H3. The number of hydrogen-bond acceptors (Lipinski definition) is 4. The molecule has 1 aromatic heterocycles. The van der Waals surface area contributed by atoms with Crippen molar-refractivity contribution in [1.29, 1.82) is 5.26 Å². The Kier molecular flexibility index (Phi) is 3.04. The number of nitriles is 1. The van der Waals surface area contributed by atoms with Gasteiger partial charge in [-0.05, 0) is 18.6 Å². The second-order valence-corrected chi connectivity index (χ2v) is 4.49. The van der Waals surface area contributed by atoms with E-state index in [0.29, 0.717) is 5.69 Å². The average Bonchev–Trinajstić information content (AvgIpc) is 2.02. The lowest BCUT2D eigenvalue weighted by atomic mass is 10.3. The van der Waals surface area contributed by atoms with Gasteiger partial charge in [0.2, 0.25) is 10.0 Å². The van der Waals surface area contributed by atoms with Crippen LogP contribution in [0.4, 0.5) is 5.69 Å². The minimum atomic E-state index is -3.55. The van der Waals surface area contributed by atoms with Crippen LogP contribution in [-0.4, -0.2) is 19.2 Å². The Hall–Kier alpha value is -1.61. The Labute approximate surface area is 82.4 Å². The van der Waals surface area contributed by atoms with Crippen molar-refractivity contribution in [2.75, 3.05) is 10.5 Å². The van der Waals surface area contributed by atoms with Gasteiger partial charge < -0.3 is 0 Å². The zero-order chi connectivity index (χ0) is 10.6. The summed E-state index contributed by atoms with van der Waals surface area (Å²) in [4.78, 5) is 3.82. The second-order valence-electron chi connectivity index (χ2n) is 2.77. The summed E-state index contributed by atoms with van der Waals surface area (Å²) in [7, 11) is -3.55. The Morgan fingerprint density at radius 3 is 2.86 bits per heavy atom. The van der Waals surface area contributed by atoms with E-state index < -0.39 is 15.8 Å². The van der Waals surface area contributed by atoms with Crippen LogP contribution in [0.25, 0.3) is 0 Å². The van der Waals surface area contributed by atoms with Crippen LogP contribution >= 0.6 is 0 Å². The molecule has 0 aromatic carbocycles. The maximum absolute atomic E-state index is 11.1. The van der Waals surface area contributed by atoms with Crippen LogP contribution in [0, 0.1) is 18.3 Å². The summed E-state index contributed by atoms with van der Waals surface area (Å²) in [6.45, 7) is 1.80. The highest BCUT2D eigenvalue weighted by molar-refractivity contribution is 7.92. The van der Waals surface area contributed by atoms with E-state index in [1.54, 1.807) is 25.3 Å². The molecule has 1 heterocycles. The van der Waals surface area contributed by atoms with Crippen molar-refractivity contribution in [1.82, 2.24) is 4.98 Å². The molecule has 5 nitrogen and oxygen atoms in total. The highest BCUT2D eigenvalue weighted by Gasteiger charge is 2.09. The number of hydrogen-bond donors (Lipinski definition) is 1. The van der Waals surface area contributed by atoms with E-state index in [2.05, 4.69) is 9.71 Å². The van der Waals surface area contributed by atoms with E-state index in [0.717, 1.165) is 5.56 Å². The highest BCUT2D eigenvalue weighted by atomic mass is 32.2. The van der Waals surface area contributed by atoms with Crippen LogP contribution in [-0.2, 0) is 10.0 Å². The van der Waals surface area contributed by atoms with Gasteiger partial charge in [0.25, 0.3) is 0 Å². The van der Waals surface area contributed by atoms with E-state index >= 15 is 0 Å². The normalized spacial score (nSPS) is 10.6. The summed E-state index contributed by atoms with van der Waals surface area (Å²) >= 11 is 0. The molecule has 0 atom stereocenters. The SMILES string of the molecule is Cc1cncc(NS(=O)(=O)CC#N)c1. The fraction of sp³-hybridized carbons (Fsp3) is 0.250. The van der Waals surface area contributed by atoms with Crippen molar-refractivity contribution in [2.24, 2.45) is 0 Å². The second kappa shape index (κ2) is 4.07. The Balaban J connectivity index is 2.85. The maximum atomic E-state index is 11.1. The molecule has 0 aliphatic heterocycles. The zero-order valence-corrected chi connectivity index (χ0v) is 8.37. The van der Waals surface area contributed by atoms with Gasteiger partial charge in [0.05, 0.1) is 18.0 Å². The van der Waals surface area contributed by atoms with Gasteiger partial charge >= 0.3 is 0 Å². The summed E-state index contributed by atoms with van der Waals surface area (Å²) in [5.41, 5.74) is 1.22. The molecule has 0 saturated heterocycles. The zero-order valence-electron chi connectivity index (χ0n) is 7.56. The van der Waals surface area contributed by atoms with Gasteiger partial charge in [0.1, 0.15) is 0 Å². The number of aryl methyl sites for hydroxylation is 1. The van der Waals surface area contributed by atoms with Gasteiger partial charge in [-0.1, -0.05) is 0 Å². The minimum Gasteiger partial charge on any atom is -0.281 e. The lowest BCUT2D eigenvalue weighted by Gasteiger charge is -2.04. The monoisotopic (exact) mass is 211 g/mol. The van der Waals surface area contributed by atoms with E-state index in [1.165, 1.54) is 6.20 Å². The predicted molar refractivity (Wildman–Crippen MR) is 52.0 cm³/mol. The van der Waals surface area contributed by atoms with Crippen LogP contribution in [0.15, 0.2) is 18.5 Å². The van der Waals surface area contributed by atoms with Crippen LogP contribution < -0.4 is 4.72 Å². The van der Waals surface area contributed by atoms with Gasteiger partial charge in [-0.25, -0.2) is 8.42 Å². The third-order valence-electron chi connectivity index (χ3n) is 1.40. The van der Waals surface area contributed by atoms with E-state index in [9.17, 15) is 8.42 Å². The molecular formula is C8H9N3O2S. The molecule has 0 spiro atoms. The number of sulfonamides is 1. The average molecular weight is 211 g/mol. The molecule has 6 heteroatoms. The molecule has 14 heavy (non-hydrogen) atoms. The number of nitrogens with zero attached hydrogens (tertiary/aromatic N) is 2. The molecule has 74 valence electrons. The molecule has 0 fully saturated rings. The van der Waals surface area contributed by atoms with Crippen LogP contribution in [0.3, 0.4) is 0 Å². The molecule has 1 N–H and O–H groups in total. The third kappa shape index (κ3) is 3.03. The summed E-state index contributed by atoms with van der Waals surface area (Å²) in [5, 5.41) is 8.25. The van der Waals surface area contributed by atoms with Crippen molar-refractivity contribution in [3.05, 3.63) is 24.0 Å². The third-order valence-corrected chi connectivity index (χ3v) is 2.46. The minimum absolute atomic E-state index is 0.375. The number of rotatable bonds is 3. The maximum Gasteiger partial charge on any atom is 0.246 e. The van der Waals surface area contributed by atoms with Crippen molar-refractivity contribution >= 4 is 15.7 Å². The van der Waals surface area contributed by atoms with Crippen molar-refractivity contribution in [3.8, 4) is 6.07 Å². The largest absolute Gasteiger partial charge is 0.281 e. The van der Waals surface area contributed by atoms with Crippen molar-refractivity contribution < 1.29 is 8.42 Å². The number of pyridine rings is 1. The van der Waals surface area contributed by atoms with Crippen LogP contribution in [0.5, 0.6) is 0 Å². The Morgan fingerprint density at radius 2 is 2.29 bits per heavy atom. The molecule has 0 amide bonds. The fourth-order valence-electron chi connectivity index (χ4n) is 0.911. The van der Waals surface area contributed by atoms with Gasteiger partial charge in [0, 0.05) is 6.20 Å². The van der Waals surface area contributed by atoms with Gasteiger partial charge in [-0.2, -0.15) is 5.26 Å². The molecule has 0 bridgehead atoms. The summed E-state index contributed by atoms with van der Waals surface area (Å²) in [6.07, 6.45) is 3.00. The molecule has 0 radical (unpaired) electrons. The Morgan fingerprint density at radius 1 is 1.57 bits per heavy atom. The Bertz CT molecular complexity index is 462. The van der Waals surface area contributed by atoms with E-state index in [1.807, 2.05) is 0 Å². The first kappa shape index (κ1) is 10.5. The van der Waals surface area contributed by atoms with Crippen molar-refractivity contribution in [3.63, 3.8) is 0 Å². The molecule has 0 saturated carbocycles. The summed E-state index contributed by atoms with van der Waals surface area (Å²) < 4.78 is 24.5. The molecule has 0 aliphatic carbocycles. The molecule has 1 rings (SSSR count). The predicted octanol–water partition coefficient (Wildman–Crippen LogP) is 0.655. The molecule has 0 unspecified atom stereocenters. The van der Waals surface area contributed by atoms with E-state index in [-0.39, 0.29) is 0 Å². The van der Waals surface area contributed by atoms with E-state index in [4.69, 9.17) is 5.26 Å². The highest BCUT2D eigenvalue weighted by Crippen LogP contribution is 2.09.